The Hall–Kier alpha value is -0.700. The summed E-state index contributed by atoms with van der Waals surface area (Å²) in [6.07, 6.45) is 16.0. The van der Waals surface area contributed by atoms with E-state index in [0.717, 1.165) is 47.8 Å². The van der Waals surface area contributed by atoms with E-state index in [1.54, 1.807) is 0 Å². The Morgan fingerprint density at radius 2 is 1.87 bits per heavy atom. The molecule has 7 atom stereocenters. The van der Waals surface area contributed by atoms with Crippen LogP contribution in [-0.4, -0.2) is 0 Å². The fourth-order valence-electron chi connectivity index (χ4n) is 5.54. The van der Waals surface area contributed by atoms with Crippen molar-refractivity contribution in [2.75, 3.05) is 0 Å². The fourth-order valence-corrected chi connectivity index (χ4v) is 5.54. The molecule has 4 aliphatic rings. The van der Waals surface area contributed by atoms with Crippen LogP contribution in [0.3, 0.4) is 0 Å². The molecule has 0 spiro atoms. The average Bonchev–Trinajstić information content (AvgIpc) is 2.95. The topological polar surface area (TPSA) is 0 Å². The zero-order chi connectivity index (χ0) is 9.99. The van der Waals surface area contributed by atoms with Gasteiger partial charge in [-0.05, 0) is 60.7 Å². The minimum atomic E-state index is 0.883. The van der Waals surface area contributed by atoms with Crippen molar-refractivity contribution in [1.82, 2.24) is 0 Å². The van der Waals surface area contributed by atoms with E-state index in [1.807, 2.05) is 0 Å². The third-order valence-corrected chi connectivity index (χ3v) is 5.79. The molecule has 0 N–H and O–H groups in total. The van der Waals surface area contributed by atoms with Crippen LogP contribution in [0, 0.1) is 53.8 Å². The van der Waals surface area contributed by atoms with Crippen molar-refractivity contribution < 1.29 is 0 Å². The van der Waals surface area contributed by atoms with Crippen molar-refractivity contribution in [2.45, 2.75) is 25.7 Å². The maximum absolute atomic E-state index is 5.49. The number of hydrogen-bond donors (Lipinski definition) is 0. The van der Waals surface area contributed by atoms with Crippen LogP contribution in [0.5, 0.6) is 0 Å². The highest BCUT2D eigenvalue weighted by atomic mass is 14.6. The normalized spacial score (nSPS) is 58.5. The van der Waals surface area contributed by atoms with Crippen LogP contribution in [0.25, 0.3) is 0 Å². The standard InChI is InChI=1S/C15H18/c1-2-3-9-6-12-8-13(9)15-11-5-4-10(7-11)14(12)15/h1,4-5,9-15H,3,6-8H2. The summed E-state index contributed by atoms with van der Waals surface area (Å²) in [5.41, 5.74) is 0. The van der Waals surface area contributed by atoms with Gasteiger partial charge in [0.2, 0.25) is 0 Å². The van der Waals surface area contributed by atoms with Crippen LogP contribution < -0.4 is 0 Å². The Balaban J connectivity index is 1.66. The molecule has 3 fully saturated rings. The molecule has 0 amide bonds. The smallest absolute Gasteiger partial charge is 0.0117 e. The largest absolute Gasteiger partial charge is 0.120 e. The monoisotopic (exact) mass is 198 g/mol. The van der Waals surface area contributed by atoms with Crippen molar-refractivity contribution >= 4 is 0 Å². The van der Waals surface area contributed by atoms with Crippen molar-refractivity contribution in [2.24, 2.45) is 41.4 Å². The minimum absolute atomic E-state index is 0.883. The van der Waals surface area contributed by atoms with E-state index < -0.39 is 0 Å². The van der Waals surface area contributed by atoms with Gasteiger partial charge in [0.25, 0.3) is 0 Å². The molecular formula is C15H18. The lowest BCUT2D eigenvalue weighted by atomic mass is 9.69. The summed E-state index contributed by atoms with van der Waals surface area (Å²) in [5.74, 6) is 9.83. The second-order valence-corrected chi connectivity index (χ2v) is 6.17. The molecule has 3 saturated carbocycles. The maximum Gasteiger partial charge on any atom is 0.0117 e. The molecule has 4 bridgehead atoms. The summed E-state index contributed by atoms with van der Waals surface area (Å²) >= 11 is 0. The molecule has 15 heavy (non-hydrogen) atoms. The average molecular weight is 198 g/mol. The lowest BCUT2D eigenvalue weighted by Crippen LogP contribution is -2.30. The first-order valence-electron chi connectivity index (χ1n) is 6.50. The number of fused-ring (bicyclic) bond motifs is 9. The van der Waals surface area contributed by atoms with Gasteiger partial charge in [0, 0.05) is 6.42 Å². The molecule has 7 unspecified atom stereocenters. The Morgan fingerprint density at radius 1 is 1.07 bits per heavy atom. The predicted molar refractivity (Wildman–Crippen MR) is 60.9 cm³/mol. The van der Waals surface area contributed by atoms with Gasteiger partial charge in [0.1, 0.15) is 0 Å². The summed E-state index contributed by atoms with van der Waals surface area (Å²) in [6.45, 7) is 0. The van der Waals surface area contributed by atoms with Crippen LogP contribution in [0.1, 0.15) is 25.7 Å². The molecule has 78 valence electrons. The van der Waals surface area contributed by atoms with Gasteiger partial charge in [-0.15, -0.1) is 12.3 Å². The first kappa shape index (κ1) is 8.45. The van der Waals surface area contributed by atoms with Crippen molar-refractivity contribution in [3.8, 4) is 12.3 Å². The highest BCUT2D eigenvalue weighted by molar-refractivity contribution is 5.21. The third kappa shape index (κ3) is 0.906. The molecule has 4 aliphatic carbocycles. The summed E-state index contributed by atoms with van der Waals surface area (Å²) in [7, 11) is 0. The molecule has 4 rings (SSSR count). The highest BCUT2D eigenvalue weighted by Crippen LogP contribution is 2.67. The minimum Gasteiger partial charge on any atom is -0.120 e. The highest BCUT2D eigenvalue weighted by Gasteiger charge is 2.60. The Morgan fingerprint density at radius 3 is 2.67 bits per heavy atom. The third-order valence-electron chi connectivity index (χ3n) is 5.79. The second-order valence-electron chi connectivity index (χ2n) is 6.17. The van der Waals surface area contributed by atoms with E-state index in [2.05, 4.69) is 18.1 Å². The van der Waals surface area contributed by atoms with Gasteiger partial charge >= 0.3 is 0 Å². The van der Waals surface area contributed by atoms with Crippen LogP contribution >= 0.6 is 0 Å². The van der Waals surface area contributed by atoms with Crippen LogP contribution in [0.4, 0.5) is 0 Å². The van der Waals surface area contributed by atoms with E-state index >= 15 is 0 Å². The molecule has 0 heteroatoms. The SMILES string of the molecule is C#CCC1CC2CC1C1C3C=CC(C3)C21. The Kier molecular flexibility index (Phi) is 1.52. The lowest BCUT2D eigenvalue weighted by Gasteiger charge is -2.36. The van der Waals surface area contributed by atoms with Crippen LogP contribution in [-0.2, 0) is 0 Å². The number of hydrogen-bond acceptors (Lipinski definition) is 0. The van der Waals surface area contributed by atoms with Gasteiger partial charge in [0.05, 0.1) is 0 Å². The quantitative estimate of drug-likeness (QED) is 0.345. The molecule has 0 aliphatic heterocycles. The molecule has 0 aromatic heterocycles. The summed E-state index contributed by atoms with van der Waals surface area (Å²) in [6, 6.07) is 0. The van der Waals surface area contributed by atoms with Crippen LogP contribution in [0.2, 0.25) is 0 Å². The van der Waals surface area contributed by atoms with Gasteiger partial charge in [-0.2, -0.15) is 0 Å². The van der Waals surface area contributed by atoms with Gasteiger partial charge in [-0.3, -0.25) is 0 Å². The molecule has 0 saturated heterocycles. The lowest BCUT2D eigenvalue weighted by molar-refractivity contribution is 0.152. The summed E-state index contributed by atoms with van der Waals surface area (Å²) in [5, 5.41) is 0. The molecular weight excluding hydrogens is 180 g/mol. The van der Waals surface area contributed by atoms with Gasteiger partial charge in [0.15, 0.2) is 0 Å². The number of terminal acetylenes is 1. The zero-order valence-electron chi connectivity index (χ0n) is 9.10. The van der Waals surface area contributed by atoms with Crippen molar-refractivity contribution in [3.63, 3.8) is 0 Å². The second kappa shape index (κ2) is 2.70. The van der Waals surface area contributed by atoms with E-state index in [0.29, 0.717) is 0 Å². The number of rotatable bonds is 1. The van der Waals surface area contributed by atoms with E-state index in [1.165, 1.54) is 19.3 Å². The summed E-state index contributed by atoms with van der Waals surface area (Å²) < 4.78 is 0. The Labute approximate surface area is 92.1 Å². The summed E-state index contributed by atoms with van der Waals surface area (Å²) in [4.78, 5) is 0. The number of allylic oxidation sites excluding steroid dienone is 2. The maximum atomic E-state index is 5.49. The fraction of sp³-hybridized carbons (Fsp3) is 0.733. The van der Waals surface area contributed by atoms with E-state index in [9.17, 15) is 0 Å². The first-order chi connectivity index (χ1) is 7.38. The van der Waals surface area contributed by atoms with E-state index in [4.69, 9.17) is 6.42 Å². The van der Waals surface area contributed by atoms with Crippen LogP contribution in [0.15, 0.2) is 12.2 Å². The molecule has 0 heterocycles. The first-order valence-corrected chi connectivity index (χ1v) is 6.50. The predicted octanol–water partition coefficient (Wildman–Crippen LogP) is 3.10. The van der Waals surface area contributed by atoms with Gasteiger partial charge in [-0.25, -0.2) is 0 Å². The zero-order valence-corrected chi connectivity index (χ0v) is 9.10. The van der Waals surface area contributed by atoms with E-state index in [-0.39, 0.29) is 0 Å². The molecule has 0 aromatic rings. The molecule has 0 nitrogen and oxygen atoms in total. The molecule has 0 aromatic carbocycles. The van der Waals surface area contributed by atoms with Gasteiger partial charge < -0.3 is 0 Å². The Bertz CT molecular complexity index is 359. The van der Waals surface area contributed by atoms with Gasteiger partial charge in [-0.1, -0.05) is 12.2 Å². The molecule has 0 radical (unpaired) electrons. The van der Waals surface area contributed by atoms with Crippen molar-refractivity contribution in [3.05, 3.63) is 12.2 Å². The van der Waals surface area contributed by atoms with Crippen molar-refractivity contribution in [1.29, 1.82) is 0 Å².